The minimum atomic E-state index is -4.57. The first kappa shape index (κ1) is 29.3. The Morgan fingerprint density at radius 2 is 1.55 bits per heavy atom. The number of carbonyl (C=O) groups is 2. The van der Waals surface area contributed by atoms with Crippen LogP contribution in [0.15, 0.2) is 97.1 Å². The fourth-order valence-corrected chi connectivity index (χ4v) is 6.09. The first-order valence-corrected chi connectivity index (χ1v) is 13.9. The lowest BCUT2D eigenvalue weighted by atomic mass is 9.61. The van der Waals surface area contributed by atoms with E-state index in [4.69, 9.17) is 21.7 Å². The number of thiocarbonyl (C=S) groups is 1. The Kier molecular flexibility index (Phi) is 8.06. The summed E-state index contributed by atoms with van der Waals surface area (Å²) in [5, 5.41) is 4.81. The minimum absolute atomic E-state index is 0.0132. The molecule has 0 saturated carbocycles. The Hall–Kier alpha value is -4.24. The van der Waals surface area contributed by atoms with Crippen molar-refractivity contribution in [1.82, 2.24) is 5.32 Å². The van der Waals surface area contributed by atoms with Gasteiger partial charge in [0.2, 0.25) is 0 Å². The summed E-state index contributed by atoms with van der Waals surface area (Å²) in [7, 11) is 0. The highest BCUT2D eigenvalue weighted by Crippen LogP contribution is 2.51. The summed E-state index contributed by atoms with van der Waals surface area (Å²) in [5.74, 6) is -1.50. The molecule has 5 rings (SSSR count). The van der Waals surface area contributed by atoms with Gasteiger partial charge in [-0.1, -0.05) is 66.7 Å². The molecule has 1 aliphatic rings. The number of hydrogen-bond acceptors (Lipinski definition) is 5. The normalized spacial score (nSPS) is 18.2. The van der Waals surface area contributed by atoms with Gasteiger partial charge in [0.15, 0.2) is 10.6 Å². The van der Waals surface area contributed by atoms with E-state index in [-0.39, 0.29) is 36.7 Å². The Balaban J connectivity index is 1.75. The molecule has 1 aliphatic heterocycles. The topological polar surface area (TPSA) is 64.6 Å². The number of esters is 1. The molecule has 9 heteroatoms. The van der Waals surface area contributed by atoms with E-state index in [1.54, 1.807) is 13.0 Å². The van der Waals surface area contributed by atoms with Crippen LogP contribution in [-0.2, 0) is 32.4 Å². The lowest BCUT2D eigenvalue weighted by molar-refractivity contribution is -0.156. The van der Waals surface area contributed by atoms with Gasteiger partial charge in [-0.2, -0.15) is 13.2 Å². The zero-order valence-corrected chi connectivity index (χ0v) is 23.6. The predicted octanol–water partition coefficient (Wildman–Crippen LogP) is 7.02. The Labute approximate surface area is 246 Å². The molecule has 4 aromatic carbocycles. The van der Waals surface area contributed by atoms with Crippen molar-refractivity contribution < 1.29 is 32.2 Å². The van der Waals surface area contributed by atoms with E-state index >= 15 is 0 Å². The summed E-state index contributed by atoms with van der Waals surface area (Å²) < 4.78 is 51.3. The maximum absolute atomic E-state index is 14.4. The van der Waals surface area contributed by atoms with E-state index in [1.807, 2.05) is 66.7 Å². The van der Waals surface area contributed by atoms with Crippen molar-refractivity contribution in [2.24, 2.45) is 5.41 Å². The second-order valence-electron chi connectivity index (χ2n) is 10.2. The smallest absolute Gasteiger partial charge is 0.416 e. The number of halogens is 3. The van der Waals surface area contributed by atoms with Crippen LogP contribution < -0.4 is 5.32 Å². The second-order valence-corrected chi connectivity index (χ2v) is 10.6. The molecule has 5 nitrogen and oxygen atoms in total. The van der Waals surface area contributed by atoms with Crippen LogP contribution in [0.2, 0.25) is 0 Å². The molecule has 1 amide bonds. The summed E-state index contributed by atoms with van der Waals surface area (Å²) in [4.78, 5) is 28.3. The number of amides is 1. The van der Waals surface area contributed by atoms with Gasteiger partial charge in [0.05, 0.1) is 24.2 Å². The Morgan fingerprint density at radius 1 is 0.905 bits per heavy atom. The van der Waals surface area contributed by atoms with E-state index in [2.05, 4.69) is 5.32 Å². The highest BCUT2D eigenvalue weighted by Gasteiger charge is 2.64. The molecule has 0 spiro atoms. The zero-order valence-electron chi connectivity index (χ0n) is 22.7. The van der Waals surface area contributed by atoms with Gasteiger partial charge in [0.1, 0.15) is 0 Å². The van der Waals surface area contributed by atoms with Crippen LogP contribution in [0.25, 0.3) is 10.8 Å². The van der Waals surface area contributed by atoms with Crippen molar-refractivity contribution in [2.45, 2.75) is 31.5 Å². The molecule has 0 bridgehead atoms. The third kappa shape index (κ3) is 5.25. The molecule has 0 aliphatic carbocycles. The fourth-order valence-electron chi connectivity index (χ4n) is 5.68. The molecule has 1 fully saturated rings. The number of rotatable bonds is 8. The van der Waals surface area contributed by atoms with Crippen molar-refractivity contribution >= 4 is 39.9 Å². The number of benzene rings is 4. The summed E-state index contributed by atoms with van der Waals surface area (Å²) in [6.45, 7) is 1.88. The van der Waals surface area contributed by atoms with Crippen LogP contribution in [0, 0.1) is 5.41 Å². The van der Waals surface area contributed by atoms with Gasteiger partial charge in [0, 0.05) is 5.56 Å². The first-order valence-electron chi connectivity index (χ1n) is 13.5. The molecule has 0 unspecified atom stereocenters. The molecular weight excluding hydrogens is 563 g/mol. The lowest BCUT2D eigenvalue weighted by Crippen LogP contribution is -2.65. The van der Waals surface area contributed by atoms with Crippen LogP contribution in [-0.4, -0.2) is 30.1 Å². The van der Waals surface area contributed by atoms with E-state index in [1.165, 1.54) is 0 Å². The van der Waals surface area contributed by atoms with Gasteiger partial charge < -0.3 is 14.8 Å². The third-order valence-corrected chi connectivity index (χ3v) is 8.27. The van der Waals surface area contributed by atoms with Crippen molar-refractivity contribution in [1.29, 1.82) is 0 Å². The zero-order chi connectivity index (χ0) is 30.0. The van der Waals surface area contributed by atoms with Crippen molar-refractivity contribution in [3.63, 3.8) is 0 Å². The van der Waals surface area contributed by atoms with Gasteiger partial charge in [0.25, 0.3) is 5.91 Å². The molecule has 2 atom stereocenters. The molecular formula is C33H28F3NO4S. The summed E-state index contributed by atoms with van der Waals surface area (Å²) in [6.07, 6.45) is -4.06. The predicted molar refractivity (Wildman–Crippen MR) is 157 cm³/mol. The SMILES string of the molecule is CCOC(=O)[C@@](NC(=O)c1ccc(C(F)(F)F)cc1)(c1ccc2ccccc2c1)[C@]1(Cc2ccccc2)CCOC1=S. The monoisotopic (exact) mass is 591 g/mol. The van der Waals surface area contributed by atoms with Gasteiger partial charge in [-0.05, 0) is 84.2 Å². The van der Waals surface area contributed by atoms with E-state index in [9.17, 15) is 22.8 Å². The Morgan fingerprint density at radius 3 is 2.17 bits per heavy atom. The van der Waals surface area contributed by atoms with Gasteiger partial charge in [-0.15, -0.1) is 0 Å². The quantitative estimate of drug-likeness (QED) is 0.176. The van der Waals surface area contributed by atoms with Crippen LogP contribution in [0.5, 0.6) is 0 Å². The Bertz CT molecular complexity index is 1620. The average Bonchev–Trinajstić information content (AvgIpc) is 3.36. The highest BCUT2D eigenvalue weighted by atomic mass is 32.1. The molecule has 4 aromatic rings. The van der Waals surface area contributed by atoms with E-state index in [0.717, 1.165) is 40.6 Å². The van der Waals surface area contributed by atoms with Crippen molar-refractivity contribution in [3.8, 4) is 0 Å². The number of nitrogens with one attached hydrogen (secondary N) is 1. The second kappa shape index (κ2) is 11.6. The van der Waals surface area contributed by atoms with Gasteiger partial charge >= 0.3 is 12.1 Å². The third-order valence-electron chi connectivity index (χ3n) is 7.76. The van der Waals surface area contributed by atoms with E-state index < -0.39 is 34.6 Å². The highest BCUT2D eigenvalue weighted by molar-refractivity contribution is 7.80. The van der Waals surface area contributed by atoms with Crippen LogP contribution in [0.4, 0.5) is 13.2 Å². The van der Waals surface area contributed by atoms with E-state index in [0.29, 0.717) is 5.56 Å². The molecule has 216 valence electrons. The van der Waals surface area contributed by atoms with Crippen LogP contribution in [0.3, 0.4) is 0 Å². The standard InChI is InChI=1S/C33H28F3NO4S/c1-2-40-29(39)32(27-17-12-23-10-6-7-11-25(23)20-27,37-28(38)24-13-15-26(16-14-24)33(34,35)36)31(18-19-41-30(31)42)21-22-8-4-3-5-9-22/h3-17,20H,2,18-19,21H2,1H3,(H,37,38)/t31-,32-/m0/s1. The summed E-state index contributed by atoms with van der Waals surface area (Å²) in [6, 6.07) is 26.2. The molecule has 1 N–H and O–H groups in total. The maximum Gasteiger partial charge on any atom is 0.416 e. The number of ether oxygens (including phenoxy) is 2. The molecule has 0 radical (unpaired) electrons. The number of hydrogen-bond donors (Lipinski definition) is 1. The fraction of sp³-hybridized carbons (Fsp3) is 0.242. The van der Waals surface area contributed by atoms with Crippen LogP contribution >= 0.6 is 12.2 Å². The minimum Gasteiger partial charge on any atom is -0.486 e. The summed E-state index contributed by atoms with van der Waals surface area (Å²) >= 11 is 5.82. The maximum atomic E-state index is 14.4. The van der Waals surface area contributed by atoms with Crippen LogP contribution in [0.1, 0.15) is 40.4 Å². The lowest BCUT2D eigenvalue weighted by Gasteiger charge is -2.46. The number of fused-ring (bicyclic) bond motifs is 1. The molecule has 1 saturated heterocycles. The largest absolute Gasteiger partial charge is 0.486 e. The van der Waals surface area contributed by atoms with Crippen molar-refractivity contribution in [2.75, 3.05) is 13.2 Å². The molecule has 1 heterocycles. The van der Waals surface area contributed by atoms with Gasteiger partial charge in [-0.3, -0.25) is 4.79 Å². The van der Waals surface area contributed by atoms with Crippen molar-refractivity contribution in [3.05, 3.63) is 119 Å². The molecule has 0 aromatic heterocycles. The number of carbonyl (C=O) groups excluding carboxylic acids is 2. The molecule has 42 heavy (non-hydrogen) atoms. The number of alkyl halides is 3. The first-order chi connectivity index (χ1) is 20.1. The average molecular weight is 592 g/mol. The van der Waals surface area contributed by atoms with Gasteiger partial charge in [-0.25, -0.2) is 4.79 Å². The summed E-state index contributed by atoms with van der Waals surface area (Å²) in [5.41, 5.74) is -2.85.